The molecular formula is C14H21N3O4. The first kappa shape index (κ1) is 16.9. The van der Waals surface area contributed by atoms with Gasteiger partial charge in [-0.15, -0.1) is 0 Å². The Morgan fingerprint density at radius 1 is 1.43 bits per heavy atom. The standard InChI is InChI=1S/C14H21N3O4/c1-10(2)7-16-8-11-4-5-12(17(19)20)13(6-11)21-9-14(18)15-3/h4-6,10,16H,7-9H2,1-3H3,(H,15,18). The molecule has 0 saturated carbocycles. The lowest BCUT2D eigenvalue weighted by Gasteiger charge is -2.10. The van der Waals surface area contributed by atoms with Crippen molar-refractivity contribution < 1.29 is 14.5 Å². The van der Waals surface area contributed by atoms with Crippen molar-refractivity contribution in [3.8, 4) is 5.75 Å². The van der Waals surface area contributed by atoms with Gasteiger partial charge in [0.1, 0.15) is 0 Å². The maximum Gasteiger partial charge on any atom is 0.310 e. The molecule has 0 atom stereocenters. The Bertz CT molecular complexity index is 503. The number of amides is 1. The molecule has 0 unspecified atom stereocenters. The number of nitro groups is 1. The largest absolute Gasteiger partial charge is 0.477 e. The minimum Gasteiger partial charge on any atom is -0.477 e. The second-order valence-electron chi connectivity index (χ2n) is 5.05. The summed E-state index contributed by atoms with van der Waals surface area (Å²) in [5.41, 5.74) is 0.722. The number of nitro benzene ring substituents is 1. The summed E-state index contributed by atoms with van der Waals surface area (Å²) in [6, 6.07) is 4.66. The molecule has 0 spiro atoms. The van der Waals surface area contributed by atoms with E-state index in [4.69, 9.17) is 4.74 Å². The zero-order valence-corrected chi connectivity index (χ0v) is 12.5. The van der Waals surface area contributed by atoms with Crippen LogP contribution in [0.3, 0.4) is 0 Å². The maximum atomic E-state index is 11.2. The van der Waals surface area contributed by atoms with E-state index in [2.05, 4.69) is 24.5 Å². The molecule has 21 heavy (non-hydrogen) atoms. The topological polar surface area (TPSA) is 93.5 Å². The molecule has 1 rings (SSSR count). The van der Waals surface area contributed by atoms with Crippen molar-refractivity contribution in [1.29, 1.82) is 0 Å². The van der Waals surface area contributed by atoms with E-state index in [1.54, 1.807) is 12.1 Å². The Morgan fingerprint density at radius 3 is 2.71 bits per heavy atom. The van der Waals surface area contributed by atoms with Gasteiger partial charge in [0.05, 0.1) is 4.92 Å². The Labute approximate surface area is 123 Å². The summed E-state index contributed by atoms with van der Waals surface area (Å²) in [6.07, 6.45) is 0. The summed E-state index contributed by atoms with van der Waals surface area (Å²) in [5.74, 6) is 0.284. The summed E-state index contributed by atoms with van der Waals surface area (Å²) >= 11 is 0. The van der Waals surface area contributed by atoms with Gasteiger partial charge in [-0.3, -0.25) is 14.9 Å². The third-order valence-electron chi connectivity index (χ3n) is 2.74. The van der Waals surface area contributed by atoms with E-state index in [1.165, 1.54) is 13.1 Å². The van der Waals surface area contributed by atoms with Gasteiger partial charge in [-0.25, -0.2) is 0 Å². The molecule has 0 aromatic heterocycles. The number of hydrogen-bond donors (Lipinski definition) is 2. The van der Waals surface area contributed by atoms with Crippen molar-refractivity contribution in [2.45, 2.75) is 20.4 Å². The van der Waals surface area contributed by atoms with E-state index in [-0.39, 0.29) is 24.0 Å². The molecule has 0 aliphatic heterocycles. The van der Waals surface area contributed by atoms with Crippen molar-refractivity contribution in [1.82, 2.24) is 10.6 Å². The SMILES string of the molecule is CNC(=O)COc1cc(CNCC(C)C)ccc1[N+](=O)[O-]. The molecule has 0 saturated heterocycles. The zero-order chi connectivity index (χ0) is 15.8. The second kappa shape index (κ2) is 8.21. The molecule has 116 valence electrons. The average Bonchev–Trinajstić information content (AvgIpc) is 2.44. The van der Waals surface area contributed by atoms with Crippen molar-refractivity contribution in [3.63, 3.8) is 0 Å². The fraction of sp³-hybridized carbons (Fsp3) is 0.500. The van der Waals surface area contributed by atoms with Gasteiger partial charge in [0.25, 0.3) is 5.91 Å². The Hall–Kier alpha value is -2.15. The first-order valence-corrected chi connectivity index (χ1v) is 6.75. The Balaban J connectivity index is 2.79. The predicted octanol–water partition coefficient (Wildman–Crippen LogP) is 1.47. The van der Waals surface area contributed by atoms with Crippen LogP contribution in [0, 0.1) is 16.0 Å². The van der Waals surface area contributed by atoms with Crippen LogP contribution in [0.1, 0.15) is 19.4 Å². The Kier molecular flexibility index (Phi) is 6.61. The van der Waals surface area contributed by atoms with E-state index in [9.17, 15) is 14.9 Å². The van der Waals surface area contributed by atoms with Gasteiger partial charge in [0, 0.05) is 19.7 Å². The summed E-state index contributed by atoms with van der Waals surface area (Å²) in [5, 5.41) is 16.6. The van der Waals surface area contributed by atoms with Crippen LogP contribution in [0.25, 0.3) is 0 Å². The van der Waals surface area contributed by atoms with Crippen LogP contribution in [0.2, 0.25) is 0 Å². The van der Waals surface area contributed by atoms with Crippen LogP contribution in [0.4, 0.5) is 5.69 Å². The van der Waals surface area contributed by atoms with Crippen molar-refractivity contribution in [3.05, 3.63) is 33.9 Å². The highest BCUT2D eigenvalue weighted by molar-refractivity contribution is 5.77. The fourth-order valence-corrected chi connectivity index (χ4v) is 1.66. The van der Waals surface area contributed by atoms with E-state index >= 15 is 0 Å². The predicted molar refractivity (Wildman–Crippen MR) is 79.2 cm³/mol. The van der Waals surface area contributed by atoms with Crippen LogP contribution in [-0.2, 0) is 11.3 Å². The van der Waals surface area contributed by atoms with Gasteiger partial charge in [-0.1, -0.05) is 19.9 Å². The number of benzene rings is 1. The molecule has 0 fully saturated rings. The normalized spacial score (nSPS) is 10.5. The first-order valence-electron chi connectivity index (χ1n) is 6.75. The summed E-state index contributed by atoms with van der Waals surface area (Å²) in [6.45, 7) is 5.39. The Morgan fingerprint density at radius 2 is 2.14 bits per heavy atom. The molecular weight excluding hydrogens is 274 g/mol. The molecule has 0 bridgehead atoms. The molecule has 2 N–H and O–H groups in total. The minimum atomic E-state index is -0.523. The lowest BCUT2D eigenvalue weighted by Crippen LogP contribution is -2.25. The molecule has 7 heteroatoms. The van der Waals surface area contributed by atoms with E-state index in [1.807, 2.05) is 0 Å². The second-order valence-corrected chi connectivity index (χ2v) is 5.05. The lowest BCUT2D eigenvalue weighted by atomic mass is 10.1. The highest BCUT2D eigenvalue weighted by Crippen LogP contribution is 2.27. The molecule has 0 radical (unpaired) electrons. The van der Waals surface area contributed by atoms with Crippen LogP contribution in [0.5, 0.6) is 5.75 Å². The van der Waals surface area contributed by atoms with Gasteiger partial charge in [0.2, 0.25) is 0 Å². The number of hydrogen-bond acceptors (Lipinski definition) is 5. The summed E-state index contributed by atoms with van der Waals surface area (Å²) < 4.78 is 5.24. The van der Waals surface area contributed by atoms with Crippen molar-refractivity contribution >= 4 is 11.6 Å². The summed E-state index contributed by atoms with van der Waals surface area (Å²) in [7, 11) is 1.48. The number of nitrogens with one attached hydrogen (secondary N) is 2. The number of carbonyl (C=O) groups is 1. The van der Waals surface area contributed by atoms with Crippen molar-refractivity contribution in [2.75, 3.05) is 20.2 Å². The fourth-order valence-electron chi connectivity index (χ4n) is 1.66. The number of nitrogens with zero attached hydrogens (tertiary/aromatic N) is 1. The highest BCUT2D eigenvalue weighted by atomic mass is 16.6. The van der Waals surface area contributed by atoms with Gasteiger partial charge >= 0.3 is 5.69 Å². The molecule has 1 amide bonds. The van der Waals surface area contributed by atoms with Gasteiger partial charge < -0.3 is 15.4 Å². The van der Waals surface area contributed by atoms with Gasteiger partial charge in [0.15, 0.2) is 12.4 Å². The van der Waals surface area contributed by atoms with Gasteiger partial charge in [-0.05, 0) is 24.1 Å². The quantitative estimate of drug-likeness (QED) is 0.559. The third-order valence-corrected chi connectivity index (χ3v) is 2.74. The maximum absolute atomic E-state index is 11.2. The lowest BCUT2D eigenvalue weighted by molar-refractivity contribution is -0.385. The van der Waals surface area contributed by atoms with E-state index < -0.39 is 4.92 Å². The number of ether oxygens (including phenoxy) is 1. The number of carbonyl (C=O) groups excluding carboxylic acids is 1. The van der Waals surface area contributed by atoms with Crippen LogP contribution in [-0.4, -0.2) is 31.0 Å². The molecule has 0 aliphatic rings. The van der Waals surface area contributed by atoms with E-state index in [0.29, 0.717) is 12.5 Å². The molecule has 7 nitrogen and oxygen atoms in total. The molecule has 0 heterocycles. The third kappa shape index (κ3) is 5.78. The van der Waals surface area contributed by atoms with E-state index in [0.717, 1.165) is 12.1 Å². The molecule has 1 aromatic rings. The number of rotatable bonds is 8. The monoisotopic (exact) mass is 295 g/mol. The van der Waals surface area contributed by atoms with Crippen LogP contribution in [0.15, 0.2) is 18.2 Å². The zero-order valence-electron chi connectivity index (χ0n) is 12.5. The van der Waals surface area contributed by atoms with Crippen LogP contribution < -0.4 is 15.4 Å². The highest BCUT2D eigenvalue weighted by Gasteiger charge is 2.16. The minimum absolute atomic E-state index is 0.104. The molecule has 1 aromatic carbocycles. The van der Waals surface area contributed by atoms with Gasteiger partial charge in [-0.2, -0.15) is 0 Å². The number of likely N-dealkylation sites (N-methyl/N-ethyl adjacent to an activating group) is 1. The average molecular weight is 295 g/mol. The summed E-state index contributed by atoms with van der Waals surface area (Å²) in [4.78, 5) is 21.6. The van der Waals surface area contributed by atoms with Crippen molar-refractivity contribution in [2.24, 2.45) is 5.92 Å². The molecule has 0 aliphatic carbocycles. The first-order chi connectivity index (χ1) is 9.93. The smallest absolute Gasteiger partial charge is 0.310 e. The van der Waals surface area contributed by atoms with Crippen LogP contribution >= 0.6 is 0 Å².